The molecule has 0 aliphatic carbocycles. The summed E-state index contributed by atoms with van der Waals surface area (Å²) in [7, 11) is 0.500. The van der Waals surface area contributed by atoms with E-state index >= 15 is 0 Å². The van der Waals surface area contributed by atoms with Crippen LogP contribution in [0.25, 0.3) is 22.0 Å². The summed E-state index contributed by atoms with van der Waals surface area (Å²) >= 11 is 6.60. The van der Waals surface area contributed by atoms with Gasteiger partial charge in [0.15, 0.2) is 5.82 Å². The summed E-state index contributed by atoms with van der Waals surface area (Å²) in [6.45, 7) is 13.6. The normalized spacial score (nSPS) is 13.7. The molecule has 2 aromatic heterocycles. The zero-order chi connectivity index (χ0) is 23.3. The summed E-state index contributed by atoms with van der Waals surface area (Å²) in [5.41, 5.74) is 4.28. The summed E-state index contributed by atoms with van der Waals surface area (Å²) in [6, 6.07) is 6.07. The van der Waals surface area contributed by atoms with E-state index in [0.29, 0.717) is 24.4 Å². The van der Waals surface area contributed by atoms with Gasteiger partial charge in [0.2, 0.25) is 0 Å². The van der Waals surface area contributed by atoms with Crippen LogP contribution in [0.3, 0.4) is 0 Å². The molecule has 2 unspecified atom stereocenters. The van der Waals surface area contributed by atoms with Gasteiger partial charge in [-0.15, -0.1) is 0 Å². The number of aryl methyl sites for hydroxylation is 1. The van der Waals surface area contributed by atoms with E-state index in [0.717, 1.165) is 39.0 Å². The number of aliphatic hydroxyl groups is 1. The van der Waals surface area contributed by atoms with Crippen molar-refractivity contribution in [2.45, 2.75) is 52.7 Å². The van der Waals surface area contributed by atoms with Crippen molar-refractivity contribution in [3.63, 3.8) is 0 Å². The van der Waals surface area contributed by atoms with Gasteiger partial charge < -0.3 is 10.4 Å². The van der Waals surface area contributed by atoms with Gasteiger partial charge in [-0.25, -0.2) is 9.97 Å². The van der Waals surface area contributed by atoms with Gasteiger partial charge in [0, 0.05) is 29.4 Å². The molecule has 0 saturated carbocycles. The van der Waals surface area contributed by atoms with E-state index in [-0.39, 0.29) is 6.04 Å². The fourth-order valence-electron chi connectivity index (χ4n) is 2.94. The lowest BCUT2D eigenvalue weighted by atomic mass is 10.0. The van der Waals surface area contributed by atoms with Crippen molar-refractivity contribution in [1.29, 1.82) is 0 Å². The van der Waals surface area contributed by atoms with Crippen LogP contribution in [-0.2, 0) is 5.60 Å². The van der Waals surface area contributed by atoms with E-state index in [4.69, 9.17) is 11.6 Å². The van der Waals surface area contributed by atoms with E-state index in [1.807, 2.05) is 39.0 Å². The number of rotatable bonds is 6. The maximum absolute atomic E-state index is 10.4. The number of alkyl halides is 1. The van der Waals surface area contributed by atoms with Crippen molar-refractivity contribution in [3.05, 3.63) is 59.3 Å². The predicted octanol–water partition coefficient (Wildman–Crippen LogP) is 6.23. The topological polar surface area (TPSA) is 70.9 Å². The van der Waals surface area contributed by atoms with Gasteiger partial charge in [0.05, 0.1) is 29.1 Å². The highest BCUT2D eigenvalue weighted by molar-refractivity contribution is 6.35. The third-order valence-corrected chi connectivity index (χ3v) is 5.81. The summed E-state index contributed by atoms with van der Waals surface area (Å²) in [5.74, 6) is 0.419. The monoisotopic (exact) mass is 444 g/mol. The zero-order valence-electron chi connectivity index (χ0n) is 18.9. The molecule has 1 aromatic carbocycles. The van der Waals surface area contributed by atoms with Crippen LogP contribution < -0.4 is 5.32 Å². The van der Waals surface area contributed by atoms with Crippen LogP contribution in [0, 0.1) is 6.92 Å². The van der Waals surface area contributed by atoms with Crippen LogP contribution in [0.4, 0.5) is 10.1 Å². The van der Waals surface area contributed by atoms with Crippen LogP contribution in [0.15, 0.2) is 42.7 Å². The molecule has 2 heterocycles. The molecule has 0 fully saturated rings. The highest BCUT2D eigenvalue weighted by Crippen LogP contribution is 2.35. The number of halogens is 2. The average molecular weight is 445 g/mol. The minimum atomic E-state index is -1.04. The molecule has 3 rings (SSSR count). The first-order valence-electron chi connectivity index (χ1n) is 10.1. The fourth-order valence-corrected chi connectivity index (χ4v) is 3.14. The smallest absolute Gasteiger partial charge is 0.159 e. The van der Waals surface area contributed by atoms with E-state index in [9.17, 15) is 9.50 Å². The Labute approximate surface area is 188 Å². The molecule has 0 aliphatic rings. The molecular formula is C24H30ClFN4O. The number of fused-ring (bicyclic) bond motifs is 1. The number of nitrogens with one attached hydrogen (secondary N) is 1. The molecule has 0 aliphatic heterocycles. The van der Waals surface area contributed by atoms with Crippen LogP contribution in [-0.4, -0.2) is 33.3 Å². The van der Waals surface area contributed by atoms with Crippen molar-refractivity contribution >= 4 is 28.2 Å². The minimum Gasteiger partial charge on any atom is -0.382 e. The molecule has 0 spiro atoms. The van der Waals surface area contributed by atoms with Crippen molar-refractivity contribution in [3.8, 4) is 11.1 Å². The van der Waals surface area contributed by atoms with Crippen LogP contribution in [0.1, 0.15) is 45.6 Å². The summed E-state index contributed by atoms with van der Waals surface area (Å²) in [5, 5.41) is 15.4. The van der Waals surface area contributed by atoms with Crippen molar-refractivity contribution in [2.24, 2.45) is 0 Å². The molecule has 5 nitrogen and oxygen atoms in total. The fraction of sp³-hybridized carbons (Fsp3) is 0.375. The first-order chi connectivity index (χ1) is 14.6. The van der Waals surface area contributed by atoms with Crippen LogP contribution in [0.5, 0.6) is 0 Å². The molecule has 7 heteroatoms. The van der Waals surface area contributed by atoms with Gasteiger partial charge >= 0.3 is 0 Å². The Bertz CT molecular complexity index is 1070. The predicted molar refractivity (Wildman–Crippen MR) is 127 cm³/mol. The lowest BCUT2D eigenvalue weighted by molar-refractivity contribution is 0.0436. The highest BCUT2D eigenvalue weighted by atomic mass is 35.5. The number of pyridine rings is 1. The van der Waals surface area contributed by atoms with E-state index < -0.39 is 5.60 Å². The first-order valence-corrected chi connectivity index (χ1v) is 10.5. The number of aromatic nitrogens is 3. The van der Waals surface area contributed by atoms with E-state index in [2.05, 4.69) is 33.8 Å². The van der Waals surface area contributed by atoms with Crippen molar-refractivity contribution in [2.75, 3.05) is 12.5 Å². The third kappa shape index (κ3) is 5.38. The molecule has 0 saturated heterocycles. The molecule has 2 N–H and O–H groups in total. The SMILES string of the molecule is C=C(C)C(C)Nc1c(Cl)c(C)nc2ccc(-c3cnc(C(C)(O)CC)nc3)cc12.CF. The van der Waals surface area contributed by atoms with Crippen LogP contribution in [0.2, 0.25) is 5.02 Å². The second-order valence-electron chi connectivity index (χ2n) is 7.75. The second-order valence-corrected chi connectivity index (χ2v) is 8.13. The van der Waals surface area contributed by atoms with Crippen molar-refractivity contribution < 1.29 is 9.50 Å². The number of benzene rings is 1. The number of anilines is 1. The van der Waals surface area contributed by atoms with Crippen molar-refractivity contribution in [1.82, 2.24) is 15.0 Å². The Balaban J connectivity index is 0.00000166. The molecule has 0 bridgehead atoms. The Morgan fingerprint density at radius 2 is 1.87 bits per heavy atom. The molecule has 0 radical (unpaired) electrons. The molecule has 166 valence electrons. The van der Waals surface area contributed by atoms with Gasteiger partial charge in [-0.2, -0.15) is 0 Å². The second kappa shape index (κ2) is 10.2. The summed E-state index contributed by atoms with van der Waals surface area (Å²) in [6.07, 6.45) is 4.02. The Morgan fingerprint density at radius 1 is 1.26 bits per heavy atom. The maximum Gasteiger partial charge on any atom is 0.159 e. The lowest BCUT2D eigenvalue weighted by Gasteiger charge is -2.20. The molecule has 3 aromatic rings. The largest absolute Gasteiger partial charge is 0.382 e. The highest BCUT2D eigenvalue weighted by Gasteiger charge is 2.23. The van der Waals surface area contributed by atoms with Gasteiger partial charge in [0.25, 0.3) is 0 Å². The number of nitrogens with zero attached hydrogens (tertiary/aromatic N) is 3. The molecule has 31 heavy (non-hydrogen) atoms. The van der Waals surface area contributed by atoms with Gasteiger partial charge in [-0.1, -0.05) is 36.7 Å². The molecule has 0 amide bonds. The Hall–Kier alpha value is -2.57. The zero-order valence-corrected chi connectivity index (χ0v) is 19.7. The number of hydrogen-bond donors (Lipinski definition) is 2. The molecule has 2 atom stereocenters. The Kier molecular flexibility index (Phi) is 8.09. The van der Waals surface area contributed by atoms with E-state index in [1.165, 1.54) is 0 Å². The summed E-state index contributed by atoms with van der Waals surface area (Å²) < 4.78 is 9.50. The van der Waals surface area contributed by atoms with E-state index in [1.54, 1.807) is 19.3 Å². The van der Waals surface area contributed by atoms with Gasteiger partial charge in [-0.05, 0) is 51.8 Å². The number of hydrogen-bond acceptors (Lipinski definition) is 5. The van der Waals surface area contributed by atoms with Crippen LogP contribution >= 0.6 is 11.6 Å². The van der Waals surface area contributed by atoms with Gasteiger partial charge in [-0.3, -0.25) is 9.37 Å². The molecular weight excluding hydrogens is 415 g/mol. The lowest BCUT2D eigenvalue weighted by Crippen LogP contribution is -2.22. The maximum atomic E-state index is 10.4. The Morgan fingerprint density at radius 3 is 2.42 bits per heavy atom. The summed E-state index contributed by atoms with van der Waals surface area (Å²) in [4.78, 5) is 13.4. The quantitative estimate of drug-likeness (QED) is 0.441. The standard InChI is InChI=1S/C23H27ClN4O.CH3F/c1-7-23(6,29)22-25-11-17(12-26-22)16-8-9-19-18(10-16)21(20(24)15(5)27-19)28-14(4)13(2)3;1-2/h8-12,14,29H,2,7H2,1,3-6H3,(H,27,28);1H3. The van der Waals surface area contributed by atoms with Gasteiger partial charge in [0.1, 0.15) is 5.60 Å². The first kappa shape index (κ1) is 24.7. The average Bonchev–Trinajstić information content (AvgIpc) is 2.78. The minimum absolute atomic E-state index is 0.0695. The third-order valence-electron chi connectivity index (χ3n) is 5.35.